The van der Waals surface area contributed by atoms with Gasteiger partial charge in [-0.25, -0.2) is 4.98 Å². The number of aldehydes is 1. The zero-order valence-electron chi connectivity index (χ0n) is 7.35. The fraction of sp³-hybridized carbons (Fsp3) is 0.556. The van der Waals surface area contributed by atoms with Crippen LogP contribution < -0.4 is 4.90 Å². The molecule has 70 valence electrons. The maximum Gasteiger partial charge on any atom is 0.185 e. The number of anilines is 1. The van der Waals surface area contributed by atoms with Crippen molar-refractivity contribution in [3.8, 4) is 0 Å². The molecule has 0 aromatic carbocycles. The van der Waals surface area contributed by atoms with Crippen LogP contribution >= 0.6 is 11.3 Å². The average Bonchev–Trinajstić information content (AvgIpc) is 2.70. The Morgan fingerprint density at radius 1 is 1.62 bits per heavy atom. The molecule has 0 bridgehead atoms. The molecule has 1 aromatic heterocycles. The predicted octanol–water partition coefficient (Wildman–Crippen LogP) is 1.70. The summed E-state index contributed by atoms with van der Waals surface area (Å²) in [6.07, 6.45) is 6.13. The largest absolute Gasteiger partial charge is 0.338 e. The van der Waals surface area contributed by atoms with Gasteiger partial charge in [-0.3, -0.25) is 0 Å². The van der Waals surface area contributed by atoms with Crippen molar-refractivity contribution in [1.82, 2.24) is 4.98 Å². The van der Waals surface area contributed by atoms with Crippen molar-refractivity contribution in [2.75, 3.05) is 11.4 Å². The Balaban J connectivity index is 2.15. The summed E-state index contributed by atoms with van der Waals surface area (Å²) in [6, 6.07) is 0.0555. The zero-order valence-corrected chi connectivity index (χ0v) is 8.17. The first kappa shape index (κ1) is 8.69. The maximum atomic E-state index is 10.8. The van der Waals surface area contributed by atoms with E-state index in [9.17, 15) is 4.79 Å². The van der Waals surface area contributed by atoms with Crippen molar-refractivity contribution in [3.63, 3.8) is 0 Å². The Morgan fingerprint density at radius 3 is 3.23 bits per heavy atom. The molecule has 1 unspecified atom stereocenters. The molecule has 1 fully saturated rings. The summed E-state index contributed by atoms with van der Waals surface area (Å²) in [5.74, 6) is 0. The second kappa shape index (κ2) is 3.87. The van der Waals surface area contributed by atoms with Crippen LogP contribution in [0.1, 0.15) is 19.3 Å². The van der Waals surface area contributed by atoms with Gasteiger partial charge in [0.2, 0.25) is 0 Å². The average molecular weight is 196 g/mol. The standard InChI is InChI=1S/C9H12N2OS/c12-7-8-3-1-2-5-11(8)9-10-4-6-13-9/h4,6-8H,1-3,5H2. The quantitative estimate of drug-likeness (QED) is 0.675. The molecule has 1 saturated heterocycles. The molecule has 4 heteroatoms. The van der Waals surface area contributed by atoms with Gasteiger partial charge < -0.3 is 9.69 Å². The third-order valence-electron chi connectivity index (χ3n) is 2.37. The van der Waals surface area contributed by atoms with E-state index in [1.165, 1.54) is 6.42 Å². The molecule has 1 atom stereocenters. The second-order valence-corrected chi connectivity index (χ2v) is 4.08. The fourth-order valence-corrected chi connectivity index (χ4v) is 2.42. The normalized spacial score (nSPS) is 23.1. The second-order valence-electron chi connectivity index (χ2n) is 3.21. The minimum atomic E-state index is 0.0555. The third-order valence-corrected chi connectivity index (χ3v) is 3.18. The van der Waals surface area contributed by atoms with Crippen LogP contribution in [-0.4, -0.2) is 23.9 Å². The van der Waals surface area contributed by atoms with Crippen LogP contribution in [0, 0.1) is 0 Å². The van der Waals surface area contributed by atoms with Crippen molar-refractivity contribution in [1.29, 1.82) is 0 Å². The molecule has 1 aromatic rings. The first-order chi connectivity index (χ1) is 6.42. The molecule has 2 rings (SSSR count). The lowest BCUT2D eigenvalue weighted by atomic mass is 10.0. The molecule has 0 spiro atoms. The molecular weight excluding hydrogens is 184 g/mol. The molecule has 1 aliphatic heterocycles. The summed E-state index contributed by atoms with van der Waals surface area (Å²) in [5.41, 5.74) is 0. The molecule has 0 saturated carbocycles. The van der Waals surface area contributed by atoms with Crippen molar-refractivity contribution in [2.45, 2.75) is 25.3 Å². The number of aromatic nitrogens is 1. The van der Waals surface area contributed by atoms with Crippen molar-refractivity contribution in [2.24, 2.45) is 0 Å². The number of thiazole rings is 1. The molecule has 1 aliphatic rings. The monoisotopic (exact) mass is 196 g/mol. The number of hydrogen-bond donors (Lipinski definition) is 0. The summed E-state index contributed by atoms with van der Waals surface area (Å²) in [4.78, 5) is 17.1. The van der Waals surface area contributed by atoms with Gasteiger partial charge in [0.1, 0.15) is 6.29 Å². The summed E-state index contributed by atoms with van der Waals surface area (Å²) in [5, 5.41) is 2.93. The Hall–Kier alpha value is -0.900. The van der Waals surface area contributed by atoms with Crippen LogP contribution in [0.4, 0.5) is 5.13 Å². The summed E-state index contributed by atoms with van der Waals surface area (Å²) < 4.78 is 0. The molecular formula is C9H12N2OS. The van der Waals surface area contributed by atoms with Gasteiger partial charge in [0.25, 0.3) is 0 Å². The van der Waals surface area contributed by atoms with Gasteiger partial charge in [0, 0.05) is 18.1 Å². The summed E-state index contributed by atoms with van der Waals surface area (Å²) >= 11 is 1.60. The number of carbonyl (C=O) groups excluding carboxylic acids is 1. The minimum absolute atomic E-state index is 0.0555. The Morgan fingerprint density at radius 2 is 2.54 bits per heavy atom. The van der Waals surface area contributed by atoms with E-state index >= 15 is 0 Å². The van der Waals surface area contributed by atoms with Crippen LogP contribution in [0.25, 0.3) is 0 Å². The molecule has 13 heavy (non-hydrogen) atoms. The molecule has 2 heterocycles. The number of piperidine rings is 1. The Labute approximate surface area is 81.4 Å². The Kier molecular flexibility index (Phi) is 2.59. The lowest BCUT2D eigenvalue weighted by Crippen LogP contribution is -2.40. The van der Waals surface area contributed by atoms with E-state index in [0.29, 0.717) is 0 Å². The molecule has 0 radical (unpaired) electrons. The van der Waals surface area contributed by atoms with Gasteiger partial charge in [-0.05, 0) is 19.3 Å². The number of rotatable bonds is 2. The van der Waals surface area contributed by atoms with Crippen molar-refractivity contribution in [3.05, 3.63) is 11.6 Å². The van der Waals surface area contributed by atoms with Gasteiger partial charge >= 0.3 is 0 Å². The van der Waals surface area contributed by atoms with Crippen LogP contribution in [0.5, 0.6) is 0 Å². The van der Waals surface area contributed by atoms with E-state index in [0.717, 1.165) is 30.8 Å². The lowest BCUT2D eigenvalue weighted by Gasteiger charge is -2.31. The van der Waals surface area contributed by atoms with E-state index < -0.39 is 0 Å². The highest BCUT2D eigenvalue weighted by Gasteiger charge is 2.23. The van der Waals surface area contributed by atoms with E-state index in [4.69, 9.17) is 0 Å². The van der Waals surface area contributed by atoms with Crippen LogP contribution in [-0.2, 0) is 4.79 Å². The number of carbonyl (C=O) groups is 1. The van der Waals surface area contributed by atoms with Gasteiger partial charge in [-0.1, -0.05) is 0 Å². The van der Waals surface area contributed by atoms with Crippen LogP contribution in [0.3, 0.4) is 0 Å². The Bertz CT molecular complexity index is 273. The van der Waals surface area contributed by atoms with Gasteiger partial charge in [0.15, 0.2) is 5.13 Å². The molecule has 0 N–H and O–H groups in total. The SMILES string of the molecule is O=CC1CCCCN1c1nccs1. The maximum absolute atomic E-state index is 10.8. The highest BCUT2D eigenvalue weighted by atomic mass is 32.1. The molecule has 3 nitrogen and oxygen atoms in total. The number of hydrogen-bond acceptors (Lipinski definition) is 4. The summed E-state index contributed by atoms with van der Waals surface area (Å²) in [7, 11) is 0. The fourth-order valence-electron chi connectivity index (χ4n) is 1.69. The van der Waals surface area contributed by atoms with E-state index in [2.05, 4.69) is 9.88 Å². The lowest BCUT2D eigenvalue weighted by molar-refractivity contribution is -0.109. The first-order valence-electron chi connectivity index (χ1n) is 4.53. The smallest absolute Gasteiger partial charge is 0.185 e. The van der Waals surface area contributed by atoms with E-state index in [1.54, 1.807) is 17.5 Å². The highest BCUT2D eigenvalue weighted by Crippen LogP contribution is 2.25. The van der Waals surface area contributed by atoms with Gasteiger partial charge in [-0.15, -0.1) is 11.3 Å². The highest BCUT2D eigenvalue weighted by molar-refractivity contribution is 7.13. The molecule has 0 aliphatic carbocycles. The third kappa shape index (κ3) is 1.72. The van der Waals surface area contributed by atoms with Crippen molar-refractivity contribution < 1.29 is 4.79 Å². The van der Waals surface area contributed by atoms with Gasteiger partial charge in [0.05, 0.1) is 6.04 Å². The zero-order chi connectivity index (χ0) is 9.10. The first-order valence-corrected chi connectivity index (χ1v) is 5.41. The summed E-state index contributed by atoms with van der Waals surface area (Å²) in [6.45, 7) is 0.969. The van der Waals surface area contributed by atoms with E-state index in [-0.39, 0.29) is 6.04 Å². The van der Waals surface area contributed by atoms with Crippen molar-refractivity contribution >= 4 is 22.8 Å². The van der Waals surface area contributed by atoms with Crippen LogP contribution in [0.2, 0.25) is 0 Å². The topological polar surface area (TPSA) is 33.2 Å². The predicted molar refractivity (Wildman–Crippen MR) is 53.2 cm³/mol. The number of nitrogens with zero attached hydrogens (tertiary/aromatic N) is 2. The molecule has 0 amide bonds. The van der Waals surface area contributed by atoms with Gasteiger partial charge in [-0.2, -0.15) is 0 Å². The minimum Gasteiger partial charge on any atom is -0.338 e. The van der Waals surface area contributed by atoms with Crippen LogP contribution in [0.15, 0.2) is 11.6 Å². The van der Waals surface area contributed by atoms with E-state index in [1.807, 2.05) is 5.38 Å².